The number of aromatic nitrogens is 2. The van der Waals surface area contributed by atoms with Crippen LogP contribution >= 0.6 is 23.1 Å². The van der Waals surface area contributed by atoms with E-state index in [9.17, 15) is 4.79 Å². The van der Waals surface area contributed by atoms with E-state index in [1.165, 1.54) is 23.1 Å². The van der Waals surface area contributed by atoms with Crippen LogP contribution in [0.15, 0.2) is 28.6 Å². The van der Waals surface area contributed by atoms with E-state index in [2.05, 4.69) is 20.8 Å². The first kappa shape index (κ1) is 16.6. The highest BCUT2D eigenvalue weighted by Crippen LogP contribution is 2.30. The van der Waals surface area contributed by atoms with E-state index < -0.39 is 0 Å². The molecule has 6 nitrogen and oxygen atoms in total. The van der Waals surface area contributed by atoms with Gasteiger partial charge in [0.1, 0.15) is 5.75 Å². The number of rotatable bonds is 7. The van der Waals surface area contributed by atoms with E-state index in [0.29, 0.717) is 11.4 Å². The summed E-state index contributed by atoms with van der Waals surface area (Å²) in [6, 6.07) is 7.32. The Morgan fingerprint density at radius 1 is 1.41 bits per heavy atom. The van der Waals surface area contributed by atoms with Gasteiger partial charge in [0.25, 0.3) is 0 Å². The van der Waals surface area contributed by atoms with Crippen LogP contribution in [0.2, 0.25) is 0 Å². The van der Waals surface area contributed by atoms with Gasteiger partial charge in [0.2, 0.25) is 11.0 Å². The zero-order valence-corrected chi connectivity index (χ0v) is 14.3. The number of ether oxygens (including phenoxy) is 1. The second-order valence-electron chi connectivity index (χ2n) is 4.35. The number of carbonyl (C=O) groups is 1. The lowest BCUT2D eigenvalue weighted by atomic mass is 10.3. The first-order valence-electron chi connectivity index (χ1n) is 6.82. The number of thioether (sulfide) groups is 1. The number of amides is 1. The van der Waals surface area contributed by atoms with Crippen LogP contribution in [0, 0.1) is 0 Å². The molecular weight excluding hydrogens is 320 g/mol. The Bertz CT molecular complexity index is 633. The molecule has 2 aromatic rings. The van der Waals surface area contributed by atoms with E-state index in [4.69, 9.17) is 4.74 Å². The zero-order chi connectivity index (χ0) is 15.9. The van der Waals surface area contributed by atoms with Crippen LogP contribution in [0.3, 0.4) is 0 Å². The molecule has 0 aliphatic rings. The van der Waals surface area contributed by atoms with Crippen molar-refractivity contribution in [3.63, 3.8) is 0 Å². The Balaban J connectivity index is 1.96. The quantitative estimate of drug-likeness (QED) is 0.756. The van der Waals surface area contributed by atoms with Crippen LogP contribution in [-0.4, -0.2) is 35.0 Å². The molecule has 2 N–H and O–H groups in total. The summed E-state index contributed by atoms with van der Waals surface area (Å²) in [7, 11) is 1.58. The molecule has 1 amide bonds. The van der Waals surface area contributed by atoms with Crippen molar-refractivity contribution in [2.24, 2.45) is 0 Å². The highest BCUT2D eigenvalue weighted by molar-refractivity contribution is 8.02. The van der Waals surface area contributed by atoms with Gasteiger partial charge >= 0.3 is 0 Å². The molecule has 0 saturated carbocycles. The number of anilines is 2. The van der Waals surface area contributed by atoms with E-state index in [1.54, 1.807) is 13.2 Å². The molecule has 118 valence electrons. The highest BCUT2D eigenvalue weighted by atomic mass is 32.2. The molecule has 22 heavy (non-hydrogen) atoms. The molecule has 1 unspecified atom stereocenters. The monoisotopic (exact) mass is 338 g/mol. The Morgan fingerprint density at radius 2 is 2.18 bits per heavy atom. The third-order valence-electron chi connectivity index (χ3n) is 2.75. The molecule has 1 aromatic heterocycles. The average Bonchev–Trinajstić information content (AvgIpc) is 2.95. The lowest BCUT2D eigenvalue weighted by Crippen LogP contribution is -2.22. The Kier molecular flexibility index (Phi) is 6.02. The van der Waals surface area contributed by atoms with Crippen molar-refractivity contribution in [1.82, 2.24) is 10.2 Å². The molecule has 0 saturated heterocycles. The second-order valence-corrected chi connectivity index (χ2v) is 6.92. The van der Waals surface area contributed by atoms with Crippen LogP contribution in [-0.2, 0) is 4.79 Å². The van der Waals surface area contributed by atoms with Gasteiger partial charge in [0.15, 0.2) is 4.34 Å². The van der Waals surface area contributed by atoms with Gasteiger partial charge in [-0.25, -0.2) is 0 Å². The normalized spacial score (nSPS) is 11.8. The van der Waals surface area contributed by atoms with Crippen molar-refractivity contribution >= 4 is 39.8 Å². The van der Waals surface area contributed by atoms with Crippen molar-refractivity contribution in [2.75, 3.05) is 24.3 Å². The summed E-state index contributed by atoms with van der Waals surface area (Å²) in [6.45, 7) is 4.63. The van der Waals surface area contributed by atoms with Crippen LogP contribution in [0.1, 0.15) is 13.8 Å². The maximum atomic E-state index is 12.3. The van der Waals surface area contributed by atoms with Gasteiger partial charge in [0.05, 0.1) is 18.0 Å². The minimum atomic E-state index is -0.285. The lowest BCUT2D eigenvalue weighted by Gasteiger charge is -2.12. The second kappa shape index (κ2) is 8.00. The third kappa shape index (κ3) is 4.35. The summed E-state index contributed by atoms with van der Waals surface area (Å²) in [5.41, 5.74) is 0.660. The number of nitrogens with zero attached hydrogens (tertiary/aromatic N) is 2. The van der Waals surface area contributed by atoms with Crippen molar-refractivity contribution < 1.29 is 9.53 Å². The van der Waals surface area contributed by atoms with Gasteiger partial charge in [-0.2, -0.15) is 0 Å². The first-order chi connectivity index (χ1) is 10.6. The SMILES string of the molecule is CCNc1nnc(SC(C)C(=O)Nc2ccccc2OC)s1. The predicted molar refractivity (Wildman–Crippen MR) is 91.0 cm³/mol. The maximum absolute atomic E-state index is 12.3. The van der Waals surface area contributed by atoms with Crippen molar-refractivity contribution in [3.05, 3.63) is 24.3 Å². The van der Waals surface area contributed by atoms with Gasteiger partial charge in [-0.15, -0.1) is 10.2 Å². The lowest BCUT2D eigenvalue weighted by molar-refractivity contribution is -0.115. The first-order valence-corrected chi connectivity index (χ1v) is 8.51. The third-order valence-corrected chi connectivity index (χ3v) is 4.81. The van der Waals surface area contributed by atoms with Crippen LogP contribution in [0.25, 0.3) is 0 Å². The van der Waals surface area contributed by atoms with Gasteiger partial charge in [-0.05, 0) is 26.0 Å². The molecule has 0 fully saturated rings. The number of nitrogens with one attached hydrogen (secondary N) is 2. The average molecular weight is 338 g/mol. The van der Waals surface area contributed by atoms with Crippen molar-refractivity contribution in [3.8, 4) is 5.75 Å². The number of benzene rings is 1. The Hall–Kier alpha value is -1.80. The smallest absolute Gasteiger partial charge is 0.237 e. The van der Waals surface area contributed by atoms with Crippen molar-refractivity contribution in [2.45, 2.75) is 23.4 Å². The van der Waals surface area contributed by atoms with E-state index in [1.807, 2.05) is 32.0 Å². The van der Waals surface area contributed by atoms with Crippen LogP contribution < -0.4 is 15.4 Å². The number of carbonyl (C=O) groups excluding carboxylic acids is 1. The van der Waals surface area contributed by atoms with E-state index in [-0.39, 0.29) is 11.2 Å². The fourth-order valence-corrected chi connectivity index (χ4v) is 3.63. The predicted octanol–water partition coefficient (Wildman–Crippen LogP) is 3.10. The zero-order valence-electron chi connectivity index (χ0n) is 12.6. The summed E-state index contributed by atoms with van der Waals surface area (Å²) in [6.07, 6.45) is 0. The standard InChI is InChI=1S/C14H18N4O2S2/c1-4-15-13-17-18-14(22-13)21-9(2)12(19)16-10-7-5-6-8-11(10)20-3/h5-9H,4H2,1-3H3,(H,15,17)(H,16,19). The van der Waals surface area contributed by atoms with Gasteiger partial charge < -0.3 is 15.4 Å². The van der Waals surface area contributed by atoms with Gasteiger partial charge in [-0.3, -0.25) is 4.79 Å². The minimum absolute atomic E-state index is 0.102. The molecule has 1 heterocycles. The maximum Gasteiger partial charge on any atom is 0.237 e. The highest BCUT2D eigenvalue weighted by Gasteiger charge is 2.18. The number of hydrogen-bond acceptors (Lipinski definition) is 7. The van der Waals surface area contributed by atoms with Crippen LogP contribution in [0.4, 0.5) is 10.8 Å². The summed E-state index contributed by atoms with van der Waals surface area (Å²) in [5, 5.41) is 14.5. The largest absolute Gasteiger partial charge is 0.495 e. The number of methoxy groups -OCH3 is 1. The summed E-state index contributed by atoms with van der Waals surface area (Å²) in [4.78, 5) is 12.3. The summed E-state index contributed by atoms with van der Waals surface area (Å²) >= 11 is 2.83. The van der Waals surface area contributed by atoms with Gasteiger partial charge in [0, 0.05) is 6.54 Å². The fraction of sp³-hybridized carbons (Fsp3) is 0.357. The molecule has 1 atom stereocenters. The molecule has 2 rings (SSSR count). The van der Waals surface area contributed by atoms with Crippen LogP contribution in [0.5, 0.6) is 5.75 Å². The molecule has 0 radical (unpaired) electrons. The number of para-hydroxylation sites is 2. The molecule has 0 aliphatic heterocycles. The van der Waals surface area contributed by atoms with E-state index >= 15 is 0 Å². The van der Waals surface area contributed by atoms with Crippen molar-refractivity contribution in [1.29, 1.82) is 0 Å². The van der Waals surface area contributed by atoms with Gasteiger partial charge in [-0.1, -0.05) is 35.2 Å². The molecule has 0 aliphatic carbocycles. The Labute approximate surface area is 137 Å². The van der Waals surface area contributed by atoms with E-state index in [0.717, 1.165) is 16.0 Å². The summed E-state index contributed by atoms with van der Waals surface area (Å²) < 4.78 is 5.99. The molecule has 8 heteroatoms. The number of hydrogen-bond donors (Lipinski definition) is 2. The Morgan fingerprint density at radius 3 is 2.91 bits per heavy atom. The topological polar surface area (TPSA) is 76.1 Å². The molecule has 0 spiro atoms. The molecule has 1 aromatic carbocycles. The molecular formula is C14H18N4O2S2. The minimum Gasteiger partial charge on any atom is -0.495 e. The summed E-state index contributed by atoms with van der Waals surface area (Å²) in [5.74, 6) is 0.535. The molecule has 0 bridgehead atoms. The fourth-order valence-electron chi connectivity index (χ4n) is 1.67.